The molecule has 1 saturated carbocycles. The summed E-state index contributed by atoms with van der Waals surface area (Å²) in [6.07, 6.45) is 6.64. The van der Waals surface area contributed by atoms with Crippen LogP contribution >= 0.6 is 11.5 Å². The summed E-state index contributed by atoms with van der Waals surface area (Å²) in [4.78, 5) is 15.6. The van der Waals surface area contributed by atoms with Gasteiger partial charge < -0.3 is 15.2 Å². The van der Waals surface area contributed by atoms with Gasteiger partial charge in [-0.3, -0.25) is 0 Å². The number of ether oxygens (including phenoxy) is 1. The molecule has 1 fully saturated rings. The molecule has 1 aliphatic carbocycles. The third kappa shape index (κ3) is 4.42. The van der Waals surface area contributed by atoms with Crippen LogP contribution in [0, 0.1) is 5.92 Å². The van der Waals surface area contributed by atoms with E-state index in [9.17, 15) is 9.90 Å². The van der Waals surface area contributed by atoms with Crippen molar-refractivity contribution in [1.82, 2.24) is 9.36 Å². The Kier molecular flexibility index (Phi) is 5.72. The fourth-order valence-electron chi connectivity index (χ4n) is 2.63. The van der Waals surface area contributed by atoms with Crippen molar-refractivity contribution in [2.75, 3.05) is 12.4 Å². The average Bonchev–Trinajstić information content (AvgIpc) is 2.87. The van der Waals surface area contributed by atoms with Crippen LogP contribution < -0.4 is 5.32 Å². The van der Waals surface area contributed by atoms with E-state index in [1.807, 2.05) is 0 Å². The molecule has 1 heterocycles. The maximum atomic E-state index is 11.4. The number of nitrogens with one attached hydrogen (secondary N) is 1. The highest BCUT2D eigenvalue weighted by molar-refractivity contribution is 7.09. The summed E-state index contributed by atoms with van der Waals surface area (Å²) in [6.45, 7) is 0.346. The summed E-state index contributed by atoms with van der Waals surface area (Å²) in [5, 5.41) is 12.9. The van der Waals surface area contributed by atoms with E-state index in [2.05, 4.69) is 14.7 Å². The first-order chi connectivity index (χ1) is 9.69. The van der Waals surface area contributed by atoms with E-state index >= 15 is 0 Å². The van der Waals surface area contributed by atoms with Crippen LogP contribution in [-0.4, -0.2) is 33.6 Å². The highest BCUT2D eigenvalue weighted by Gasteiger charge is 2.24. The Balaban J connectivity index is 1.91. The Labute approximate surface area is 122 Å². The molecule has 0 aromatic carbocycles. The molecule has 20 heavy (non-hydrogen) atoms. The molecule has 0 unspecified atom stereocenters. The lowest BCUT2D eigenvalue weighted by molar-refractivity contribution is -0.138. The minimum atomic E-state index is -0.820. The number of aliphatic carboxylic acids is 1. The standard InChI is InChI=1S/C13H21N3O3S/c1-19-8-11-15-13(20-16-11)14-10(12(17)18)7-9-5-3-2-4-6-9/h9-10H,2-8H2,1H3,(H,17,18)(H,14,15,16)/t10-/m0/s1. The first-order valence-electron chi connectivity index (χ1n) is 7.00. The highest BCUT2D eigenvalue weighted by atomic mass is 32.1. The topological polar surface area (TPSA) is 84.3 Å². The number of nitrogens with zero attached hydrogens (tertiary/aromatic N) is 2. The number of carboxylic acid groups (broad SMARTS) is 1. The molecule has 0 radical (unpaired) electrons. The second-order valence-electron chi connectivity index (χ2n) is 5.22. The quantitative estimate of drug-likeness (QED) is 0.805. The van der Waals surface area contributed by atoms with Crippen LogP contribution in [0.1, 0.15) is 44.3 Å². The Morgan fingerprint density at radius 3 is 2.90 bits per heavy atom. The molecule has 7 heteroatoms. The molecule has 0 bridgehead atoms. The van der Waals surface area contributed by atoms with Crippen LogP contribution in [0.5, 0.6) is 0 Å². The van der Waals surface area contributed by atoms with Gasteiger partial charge in [0.2, 0.25) is 5.13 Å². The SMILES string of the molecule is COCc1nsc(N[C@@H](CC2CCCCC2)C(=O)O)n1. The zero-order valence-electron chi connectivity index (χ0n) is 11.7. The molecular formula is C13H21N3O3S. The lowest BCUT2D eigenvalue weighted by atomic mass is 9.85. The van der Waals surface area contributed by atoms with Gasteiger partial charge in [0.05, 0.1) is 0 Å². The molecule has 2 rings (SSSR count). The second kappa shape index (κ2) is 7.54. The molecule has 112 valence electrons. The minimum absolute atomic E-state index is 0.346. The van der Waals surface area contributed by atoms with Gasteiger partial charge in [0.15, 0.2) is 5.82 Å². The first-order valence-corrected chi connectivity index (χ1v) is 7.77. The number of carboxylic acids is 1. The number of methoxy groups -OCH3 is 1. The molecule has 1 aliphatic rings. The summed E-state index contributed by atoms with van der Waals surface area (Å²) >= 11 is 1.18. The zero-order valence-corrected chi connectivity index (χ0v) is 12.5. The lowest BCUT2D eigenvalue weighted by Crippen LogP contribution is -2.32. The fraction of sp³-hybridized carbons (Fsp3) is 0.769. The lowest BCUT2D eigenvalue weighted by Gasteiger charge is -2.24. The third-order valence-electron chi connectivity index (χ3n) is 3.63. The van der Waals surface area contributed by atoms with E-state index in [0.29, 0.717) is 29.9 Å². The summed E-state index contributed by atoms with van der Waals surface area (Å²) in [5.41, 5.74) is 0. The monoisotopic (exact) mass is 299 g/mol. The largest absolute Gasteiger partial charge is 0.480 e. The van der Waals surface area contributed by atoms with Crippen molar-refractivity contribution in [2.45, 2.75) is 51.2 Å². The van der Waals surface area contributed by atoms with Gasteiger partial charge in [-0.15, -0.1) is 0 Å². The number of aromatic nitrogens is 2. The predicted molar refractivity (Wildman–Crippen MR) is 76.9 cm³/mol. The first kappa shape index (κ1) is 15.2. The van der Waals surface area contributed by atoms with Crippen LogP contribution in [0.2, 0.25) is 0 Å². The van der Waals surface area contributed by atoms with Gasteiger partial charge in [-0.05, 0) is 12.3 Å². The number of hydrogen-bond donors (Lipinski definition) is 2. The van der Waals surface area contributed by atoms with Crippen molar-refractivity contribution in [1.29, 1.82) is 0 Å². The number of hydrogen-bond acceptors (Lipinski definition) is 6. The normalized spacial score (nSPS) is 17.9. The van der Waals surface area contributed by atoms with E-state index in [1.54, 1.807) is 7.11 Å². The van der Waals surface area contributed by atoms with Gasteiger partial charge in [0.25, 0.3) is 0 Å². The van der Waals surface area contributed by atoms with Crippen LogP contribution in [0.3, 0.4) is 0 Å². The molecular weight excluding hydrogens is 278 g/mol. The van der Waals surface area contributed by atoms with Crippen LogP contribution in [0.4, 0.5) is 5.13 Å². The van der Waals surface area contributed by atoms with E-state index < -0.39 is 12.0 Å². The van der Waals surface area contributed by atoms with Crippen molar-refractivity contribution in [3.63, 3.8) is 0 Å². The van der Waals surface area contributed by atoms with Crippen molar-refractivity contribution in [2.24, 2.45) is 5.92 Å². The molecule has 2 N–H and O–H groups in total. The summed E-state index contributed by atoms with van der Waals surface area (Å²) in [5.74, 6) is 0.268. The van der Waals surface area contributed by atoms with Gasteiger partial charge in [0.1, 0.15) is 12.6 Å². The molecule has 6 nitrogen and oxygen atoms in total. The fourth-order valence-corrected chi connectivity index (χ4v) is 3.25. The third-order valence-corrected chi connectivity index (χ3v) is 4.32. The molecule has 1 aromatic rings. The number of carbonyl (C=O) groups is 1. The van der Waals surface area contributed by atoms with Gasteiger partial charge in [-0.25, -0.2) is 9.78 Å². The van der Waals surface area contributed by atoms with Crippen molar-refractivity contribution in [3.05, 3.63) is 5.82 Å². The second-order valence-corrected chi connectivity index (χ2v) is 5.98. The summed E-state index contributed by atoms with van der Waals surface area (Å²) < 4.78 is 9.07. The Hall–Kier alpha value is -1.21. The van der Waals surface area contributed by atoms with Crippen LogP contribution in [-0.2, 0) is 16.1 Å². The average molecular weight is 299 g/mol. The Morgan fingerprint density at radius 1 is 1.50 bits per heavy atom. The maximum Gasteiger partial charge on any atom is 0.326 e. The Morgan fingerprint density at radius 2 is 2.25 bits per heavy atom. The Bertz CT molecular complexity index is 432. The summed E-state index contributed by atoms with van der Waals surface area (Å²) in [7, 11) is 1.58. The van der Waals surface area contributed by atoms with Crippen molar-refractivity contribution < 1.29 is 14.6 Å². The van der Waals surface area contributed by atoms with Gasteiger partial charge >= 0.3 is 5.97 Å². The van der Waals surface area contributed by atoms with Gasteiger partial charge in [0, 0.05) is 18.6 Å². The maximum absolute atomic E-state index is 11.4. The molecule has 1 aromatic heterocycles. The summed E-state index contributed by atoms with van der Waals surface area (Å²) in [6, 6.07) is -0.582. The number of rotatable bonds is 7. The van der Waals surface area contributed by atoms with Crippen LogP contribution in [0.25, 0.3) is 0 Å². The van der Waals surface area contributed by atoms with E-state index in [4.69, 9.17) is 4.74 Å². The minimum Gasteiger partial charge on any atom is -0.480 e. The van der Waals surface area contributed by atoms with Crippen molar-refractivity contribution in [3.8, 4) is 0 Å². The van der Waals surface area contributed by atoms with Crippen LogP contribution in [0.15, 0.2) is 0 Å². The zero-order chi connectivity index (χ0) is 14.4. The van der Waals surface area contributed by atoms with Gasteiger partial charge in [-0.1, -0.05) is 32.1 Å². The number of anilines is 1. The van der Waals surface area contributed by atoms with E-state index in [-0.39, 0.29) is 0 Å². The molecule has 1 atom stereocenters. The van der Waals surface area contributed by atoms with Crippen molar-refractivity contribution >= 4 is 22.6 Å². The van der Waals surface area contributed by atoms with E-state index in [0.717, 1.165) is 12.8 Å². The predicted octanol–water partition coefficient (Wildman–Crippen LogP) is 2.52. The molecule has 0 saturated heterocycles. The molecule has 0 aliphatic heterocycles. The molecule has 0 amide bonds. The smallest absolute Gasteiger partial charge is 0.326 e. The molecule has 0 spiro atoms. The van der Waals surface area contributed by atoms with Gasteiger partial charge in [-0.2, -0.15) is 4.37 Å². The van der Waals surface area contributed by atoms with E-state index in [1.165, 1.54) is 30.8 Å². The highest BCUT2D eigenvalue weighted by Crippen LogP contribution is 2.28.